The van der Waals surface area contributed by atoms with Crippen molar-refractivity contribution in [2.24, 2.45) is 5.73 Å². The highest BCUT2D eigenvalue weighted by Crippen LogP contribution is 2.28. The van der Waals surface area contributed by atoms with E-state index in [4.69, 9.17) is 5.73 Å². The van der Waals surface area contributed by atoms with Crippen LogP contribution in [0.4, 0.5) is 11.4 Å². The number of nitrogens with one attached hydrogen (secondary N) is 2. The number of carbonyl (C=O) groups is 2. The van der Waals surface area contributed by atoms with E-state index in [1.54, 1.807) is 6.92 Å². The van der Waals surface area contributed by atoms with Gasteiger partial charge in [0, 0.05) is 12.6 Å². The standard InChI is InChI=1S/C12H16N4O4/c1-3-14-10-8(5-4-6-9(10)16(19)20)12(18)15-7(2)11(13)17/h4-7,14H,3H2,1-2H3,(H2,13,17)(H,15,18). The van der Waals surface area contributed by atoms with E-state index >= 15 is 0 Å². The summed E-state index contributed by atoms with van der Waals surface area (Å²) in [5.74, 6) is -1.29. The summed E-state index contributed by atoms with van der Waals surface area (Å²) in [7, 11) is 0. The number of amides is 2. The molecular formula is C12H16N4O4. The van der Waals surface area contributed by atoms with Crippen molar-refractivity contribution in [2.45, 2.75) is 19.9 Å². The fourth-order valence-corrected chi connectivity index (χ4v) is 1.59. The number of hydrogen-bond donors (Lipinski definition) is 3. The lowest BCUT2D eigenvalue weighted by Gasteiger charge is -2.13. The van der Waals surface area contributed by atoms with Crippen molar-refractivity contribution in [3.8, 4) is 0 Å². The zero-order valence-electron chi connectivity index (χ0n) is 11.2. The molecule has 0 heterocycles. The molecule has 0 fully saturated rings. The second-order valence-electron chi connectivity index (χ2n) is 4.08. The van der Waals surface area contributed by atoms with Crippen LogP contribution in [0.2, 0.25) is 0 Å². The predicted molar refractivity (Wildman–Crippen MR) is 73.4 cm³/mol. The van der Waals surface area contributed by atoms with E-state index in [1.807, 2.05) is 0 Å². The van der Waals surface area contributed by atoms with E-state index < -0.39 is 22.8 Å². The largest absolute Gasteiger partial charge is 0.379 e. The Balaban J connectivity index is 3.16. The molecule has 0 radical (unpaired) electrons. The van der Waals surface area contributed by atoms with Crippen molar-refractivity contribution < 1.29 is 14.5 Å². The summed E-state index contributed by atoms with van der Waals surface area (Å²) < 4.78 is 0. The van der Waals surface area contributed by atoms with Crippen LogP contribution < -0.4 is 16.4 Å². The third kappa shape index (κ3) is 3.44. The maximum absolute atomic E-state index is 12.0. The molecule has 1 aromatic rings. The molecule has 1 aromatic carbocycles. The van der Waals surface area contributed by atoms with Crippen LogP contribution in [0.1, 0.15) is 24.2 Å². The molecule has 4 N–H and O–H groups in total. The lowest BCUT2D eigenvalue weighted by molar-refractivity contribution is -0.384. The van der Waals surface area contributed by atoms with E-state index in [2.05, 4.69) is 10.6 Å². The molecular weight excluding hydrogens is 264 g/mol. The normalized spacial score (nSPS) is 11.5. The van der Waals surface area contributed by atoms with Gasteiger partial charge in [0.05, 0.1) is 10.5 Å². The summed E-state index contributed by atoms with van der Waals surface area (Å²) >= 11 is 0. The van der Waals surface area contributed by atoms with Crippen molar-refractivity contribution >= 4 is 23.2 Å². The molecule has 0 aliphatic rings. The van der Waals surface area contributed by atoms with Crippen LogP contribution in [-0.2, 0) is 4.79 Å². The highest BCUT2D eigenvalue weighted by Gasteiger charge is 2.22. The average molecular weight is 280 g/mol. The Morgan fingerprint density at radius 2 is 2.10 bits per heavy atom. The van der Waals surface area contributed by atoms with Gasteiger partial charge < -0.3 is 16.4 Å². The molecule has 1 unspecified atom stereocenters. The Bertz CT molecular complexity index is 544. The van der Waals surface area contributed by atoms with Crippen LogP contribution in [0.25, 0.3) is 0 Å². The molecule has 0 saturated heterocycles. The molecule has 0 aliphatic heterocycles. The van der Waals surface area contributed by atoms with E-state index in [0.717, 1.165) is 0 Å². The lowest BCUT2D eigenvalue weighted by Crippen LogP contribution is -2.42. The SMILES string of the molecule is CCNc1c(C(=O)NC(C)C(N)=O)cccc1[N+](=O)[O-]. The second kappa shape index (κ2) is 6.50. The molecule has 1 rings (SSSR count). The monoisotopic (exact) mass is 280 g/mol. The zero-order valence-corrected chi connectivity index (χ0v) is 11.2. The Kier molecular flexibility index (Phi) is 5.01. The highest BCUT2D eigenvalue weighted by atomic mass is 16.6. The van der Waals surface area contributed by atoms with Crippen LogP contribution in [0.15, 0.2) is 18.2 Å². The second-order valence-corrected chi connectivity index (χ2v) is 4.08. The van der Waals surface area contributed by atoms with Gasteiger partial charge in [-0.25, -0.2) is 0 Å². The number of nitrogens with zero attached hydrogens (tertiary/aromatic N) is 1. The third-order valence-electron chi connectivity index (χ3n) is 2.61. The number of hydrogen-bond acceptors (Lipinski definition) is 5. The Labute approximate surface area is 115 Å². The van der Waals surface area contributed by atoms with Crippen LogP contribution in [0.3, 0.4) is 0 Å². The molecule has 0 bridgehead atoms. The molecule has 8 nitrogen and oxygen atoms in total. The lowest BCUT2D eigenvalue weighted by atomic mass is 10.1. The molecule has 8 heteroatoms. The number of benzene rings is 1. The summed E-state index contributed by atoms with van der Waals surface area (Å²) in [6, 6.07) is 3.28. The van der Waals surface area contributed by atoms with Gasteiger partial charge in [-0.3, -0.25) is 19.7 Å². The number of para-hydroxylation sites is 1. The molecule has 108 valence electrons. The topological polar surface area (TPSA) is 127 Å². The molecule has 2 amide bonds. The fourth-order valence-electron chi connectivity index (χ4n) is 1.59. The average Bonchev–Trinajstić information content (AvgIpc) is 2.38. The van der Waals surface area contributed by atoms with Crippen LogP contribution in [-0.4, -0.2) is 29.3 Å². The Morgan fingerprint density at radius 3 is 2.60 bits per heavy atom. The van der Waals surface area contributed by atoms with Gasteiger partial charge in [-0.2, -0.15) is 0 Å². The molecule has 1 atom stereocenters. The first kappa shape index (κ1) is 15.4. The Hall–Kier alpha value is -2.64. The summed E-state index contributed by atoms with van der Waals surface area (Å²) in [4.78, 5) is 33.4. The number of rotatable bonds is 6. The zero-order chi connectivity index (χ0) is 15.3. The van der Waals surface area contributed by atoms with Crippen molar-refractivity contribution in [3.63, 3.8) is 0 Å². The minimum absolute atomic E-state index is 0.0918. The molecule has 0 aromatic heterocycles. The maximum atomic E-state index is 12.0. The van der Waals surface area contributed by atoms with Crippen molar-refractivity contribution in [3.05, 3.63) is 33.9 Å². The summed E-state index contributed by atoms with van der Waals surface area (Å²) in [6.45, 7) is 3.60. The van der Waals surface area contributed by atoms with Gasteiger partial charge in [-0.15, -0.1) is 0 Å². The van der Waals surface area contributed by atoms with E-state index in [1.165, 1.54) is 25.1 Å². The van der Waals surface area contributed by atoms with Crippen molar-refractivity contribution in [2.75, 3.05) is 11.9 Å². The molecule has 0 saturated carbocycles. The number of nitro groups is 1. The van der Waals surface area contributed by atoms with Crippen molar-refractivity contribution in [1.82, 2.24) is 5.32 Å². The van der Waals surface area contributed by atoms with Crippen molar-refractivity contribution in [1.29, 1.82) is 0 Å². The highest BCUT2D eigenvalue weighted by molar-refractivity contribution is 6.03. The summed E-state index contributed by atoms with van der Waals surface area (Å²) in [5.41, 5.74) is 5.07. The minimum atomic E-state index is -0.865. The fraction of sp³-hybridized carbons (Fsp3) is 0.333. The molecule has 0 spiro atoms. The number of carbonyl (C=O) groups excluding carboxylic acids is 2. The van der Waals surface area contributed by atoms with Gasteiger partial charge in [0.25, 0.3) is 11.6 Å². The summed E-state index contributed by atoms with van der Waals surface area (Å²) in [5, 5.41) is 16.1. The van der Waals surface area contributed by atoms with Gasteiger partial charge in [0.15, 0.2) is 0 Å². The van der Waals surface area contributed by atoms with E-state index in [-0.39, 0.29) is 16.9 Å². The number of anilines is 1. The Morgan fingerprint density at radius 1 is 1.45 bits per heavy atom. The van der Waals surface area contributed by atoms with Crippen LogP contribution in [0.5, 0.6) is 0 Å². The minimum Gasteiger partial charge on any atom is -0.379 e. The van der Waals surface area contributed by atoms with Gasteiger partial charge in [0.1, 0.15) is 11.7 Å². The first-order valence-corrected chi connectivity index (χ1v) is 6.00. The first-order chi connectivity index (χ1) is 9.38. The number of nitro benzene ring substituents is 1. The maximum Gasteiger partial charge on any atom is 0.293 e. The van der Waals surface area contributed by atoms with E-state index in [9.17, 15) is 19.7 Å². The van der Waals surface area contributed by atoms with Crippen LogP contribution >= 0.6 is 0 Å². The first-order valence-electron chi connectivity index (χ1n) is 6.00. The quantitative estimate of drug-likeness (QED) is 0.520. The van der Waals surface area contributed by atoms with Gasteiger partial charge >= 0.3 is 0 Å². The number of nitrogens with two attached hydrogens (primary N) is 1. The van der Waals surface area contributed by atoms with Gasteiger partial charge in [-0.1, -0.05) is 6.07 Å². The third-order valence-corrected chi connectivity index (χ3v) is 2.61. The van der Waals surface area contributed by atoms with Gasteiger partial charge in [0.2, 0.25) is 5.91 Å². The smallest absolute Gasteiger partial charge is 0.293 e. The number of primary amides is 1. The summed E-state index contributed by atoms with van der Waals surface area (Å²) in [6.07, 6.45) is 0. The predicted octanol–water partition coefficient (Wildman–Crippen LogP) is 0.630. The molecule has 0 aliphatic carbocycles. The van der Waals surface area contributed by atoms with E-state index in [0.29, 0.717) is 6.54 Å². The molecule has 20 heavy (non-hydrogen) atoms. The van der Waals surface area contributed by atoms with Gasteiger partial charge in [-0.05, 0) is 19.9 Å². The van der Waals surface area contributed by atoms with Crippen LogP contribution in [0, 0.1) is 10.1 Å².